The predicted octanol–water partition coefficient (Wildman–Crippen LogP) is 0.860. The van der Waals surface area contributed by atoms with Crippen molar-refractivity contribution in [3.63, 3.8) is 0 Å². The van der Waals surface area contributed by atoms with Crippen LogP contribution in [0.3, 0.4) is 0 Å². The van der Waals surface area contributed by atoms with Crippen LogP contribution in [-0.4, -0.2) is 16.6 Å². The van der Waals surface area contributed by atoms with Crippen LogP contribution < -0.4 is 5.73 Å². The van der Waals surface area contributed by atoms with Crippen LogP contribution in [0.15, 0.2) is 16.7 Å². The minimum absolute atomic E-state index is 0.0687. The van der Waals surface area contributed by atoms with Gasteiger partial charge in [-0.1, -0.05) is 5.92 Å². The van der Waals surface area contributed by atoms with Gasteiger partial charge in [0.1, 0.15) is 10.4 Å². The molecule has 0 spiro atoms. The van der Waals surface area contributed by atoms with Crippen molar-refractivity contribution in [2.45, 2.75) is 0 Å². The van der Waals surface area contributed by atoms with E-state index in [2.05, 4.69) is 32.8 Å². The molecule has 0 saturated carbocycles. The van der Waals surface area contributed by atoms with Gasteiger partial charge in [0.2, 0.25) is 0 Å². The molecule has 0 fully saturated rings. The highest BCUT2D eigenvalue weighted by atomic mass is 79.9. The van der Waals surface area contributed by atoms with Crippen LogP contribution in [0.5, 0.6) is 5.75 Å². The minimum Gasteiger partial charge on any atom is -0.505 e. The maximum absolute atomic E-state index is 9.23. The molecule has 1 aromatic rings. The van der Waals surface area contributed by atoms with Gasteiger partial charge in [-0.25, -0.2) is 4.98 Å². The molecule has 0 aliphatic rings. The smallest absolute Gasteiger partial charge is 0.156 e. The number of nitrogens with two attached hydrogens (primary N) is 1. The zero-order valence-electron chi connectivity index (χ0n) is 6.21. The van der Waals surface area contributed by atoms with Gasteiger partial charge in [0.05, 0.1) is 6.54 Å². The molecular formula is C8H7BrN2O. The molecule has 0 atom stereocenters. The standard InChI is InChI=1S/C8H7BrN2O/c9-8-4-3-7(12)6(11-8)2-1-5-10/h3-4,12H,5,10H2. The van der Waals surface area contributed by atoms with E-state index < -0.39 is 0 Å². The van der Waals surface area contributed by atoms with Crippen LogP contribution in [-0.2, 0) is 0 Å². The van der Waals surface area contributed by atoms with Crippen molar-refractivity contribution in [2.24, 2.45) is 5.73 Å². The van der Waals surface area contributed by atoms with Gasteiger partial charge in [-0.3, -0.25) is 0 Å². The Balaban J connectivity index is 3.05. The largest absolute Gasteiger partial charge is 0.505 e. The van der Waals surface area contributed by atoms with Crippen LogP contribution >= 0.6 is 15.9 Å². The summed E-state index contributed by atoms with van der Waals surface area (Å²) in [5, 5.41) is 9.23. The minimum atomic E-state index is 0.0687. The third-order valence-electron chi connectivity index (χ3n) is 1.15. The number of hydrogen-bond acceptors (Lipinski definition) is 3. The molecule has 12 heavy (non-hydrogen) atoms. The lowest BCUT2D eigenvalue weighted by Gasteiger charge is -1.95. The molecule has 3 nitrogen and oxygen atoms in total. The lowest BCUT2D eigenvalue weighted by molar-refractivity contribution is 0.470. The van der Waals surface area contributed by atoms with Gasteiger partial charge >= 0.3 is 0 Å². The van der Waals surface area contributed by atoms with Crippen LogP contribution in [0, 0.1) is 11.8 Å². The molecule has 3 N–H and O–H groups in total. The van der Waals surface area contributed by atoms with Gasteiger partial charge in [0.15, 0.2) is 5.69 Å². The molecular weight excluding hydrogens is 220 g/mol. The Morgan fingerprint density at radius 3 is 3.00 bits per heavy atom. The molecule has 0 radical (unpaired) electrons. The second-order valence-corrected chi connectivity index (χ2v) is 2.82. The van der Waals surface area contributed by atoms with E-state index in [9.17, 15) is 5.11 Å². The first-order valence-electron chi connectivity index (χ1n) is 3.28. The van der Waals surface area contributed by atoms with E-state index in [1.54, 1.807) is 6.07 Å². The number of aromatic hydroxyl groups is 1. The normalized spacial score (nSPS) is 8.83. The summed E-state index contributed by atoms with van der Waals surface area (Å²) in [5.74, 6) is 5.32. The highest BCUT2D eigenvalue weighted by molar-refractivity contribution is 9.10. The Labute approximate surface area is 78.7 Å². The highest BCUT2D eigenvalue weighted by Crippen LogP contribution is 2.16. The average Bonchev–Trinajstić information content (AvgIpc) is 2.07. The maximum Gasteiger partial charge on any atom is 0.156 e. The fourth-order valence-corrected chi connectivity index (χ4v) is 0.964. The Morgan fingerprint density at radius 1 is 1.58 bits per heavy atom. The van der Waals surface area contributed by atoms with Crippen molar-refractivity contribution in [3.8, 4) is 17.6 Å². The molecule has 0 aliphatic heterocycles. The number of rotatable bonds is 0. The van der Waals surface area contributed by atoms with Crippen LogP contribution in [0.4, 0.5) is 0 Å². The first-order chi connectivity index (χ1) is 5.74. The molecule has 0 saturated heterocycles. The lowest BCUT2D eigenvalue weighted by atomic mass is 10.3. The first-order valence-corrected chi connectivity index (χ1v) is 4.08. The van der Waals surface area contributed by atoms with Crippen LogP contribution in [0.1, 0.15) is 5.69 Å². The number of nitrogens with zero attached hydrogens (tertiary/aromatic N) is 1. The topological polar surface area (TPSA) is 59.1 Å². The third kappa shape index (κ3) is 2.22. The van der Waals surface area contributed by atoms with Crippen molar-refractivity contribution in [2.75, 3.05) is 6.54 Å². The zero-order valence-corrected chi connectivity index (χ0v) is 7.80. The SMILES string of the molecule is NCC#Cc1nc(Br)ccc1O. The maximum atomic E-state index is 9.23. The molecule has 62 valence electrons. The van der Waals surface area contributed by atoms with Gasteiger partial charge in [-0.2, -0.15) is 0 Å². The second kappa shape index (κ2) is 4.10. The molecule has 0 unspecified atom stereocenters. The number of hydrogen-bond donors (Lipinski definition) is 2. The zero-order chi connectivity index (χ0) is 8.97. The summed E-state index contributed by atoms with van der Waals surface area (Å²) >= 11 is 3.17. The van der Waals surface area contributed by atoms with E-state index in [1.807, 2.05) is 0 Å². The molecule has 1 aromatic heterocycles. The predicted molar refractivity (Wildman–Crippen MR) is 49.5 cm³/mol. The second-order valence-electron chi connectivity index (χ2n) is 2.01. The summed E-state index contributed by atoms with van der Waals surface area (Å²) in [6.45, 7) is 0.258. The van der Waals surface area contributed by atoms with E-state index in [-0.39, 0.29) is 12.3 Å². The Bertz CT molecular complexity index is 341. The average molecular weight is 227 g/mol. The number of aromatic nitrogens is 1. The van der Waals surface area contributed by atoms with E-state index in [1.165, 1.54) is 6.07 Å². The summed E-state index contributed by atoms with van der Waals surface area (Å²) in [7, 11) is 0. The van der Waals surface area contributed by atoms with Crippen molar-refractivity contribution >= 4 is 15.9 Å². The van der Waals surface area contributed by atoms with E-state index in [0.717, 1.165) is 0 Å². The van der Waals surface area contributed by atoms with Crippen molar-refractivity contribution < 1.29 is 5.11 Å². The molecule has 0 bridgehead atoms. The van der Waals surface area contributed by atoms with Crippen molar-refractivity contribution in [3.05, 3.63) is 22.4 Å². The van der Waals surface area contributed by atoms with Gasteiger partial charge in [-0.05, 0) is 34.0 Å². The van der Waals surface area contributed by atoms with Gasteiger partial charge < -0.3 is 10.8 Å². The van der Waals surface area contributed by atoms with E-state index in [0.29, 0.717) is 10.3 Å². The number of pyridine rings is 1. The Morgan fingerprint density at radius 2 is 2.33 bits per heavy atom. The van der Waals surface area contributed by atoms with E-state index in [4.69, 9.17) is 5.73 Å². The molecule has 1 heterocycles. The third-order valence-corrected chi connectivity index (χ3v) is 1.59. The van der Waals surface area contributed by atoms with Crippen LogP contribution in [0.25, 0.3) is 0 Å². The quantitative estimate of drug-likeness (QED) is 0.510. The van der Waals surface area contributed by atoms with Gasteiger partial charge in [0, 0.05) is 0 Å². The Hall–Kier alpha value is -1.05. The lowest BCUT2D eigenvalue weighted by Crippen LogP contribution is -1.93. The summed E-state index contributed by atoms with van der Waals surface area (Å²) in [5.41, 5.74) is 5.51. The molecule has 0 amide bonds. The molecule has 0 aromatic carbocycles. The van der Waals surface area contributed by atoms with Crippen molar-refractivity contribution in [1.82, 2.24) is 4.98 Å². The molecule has 1 rings (SSSR count). The molecule has 0 aliphatic carbocycles. The summed E-state index contributed by atoms with van der Waals surface area (Å²) in [6.07, 6.45) is 0. The van der Waals surface area contributed by atoms with Crippen LogP contribution in [0.2, 0.25) is 0 Å². The first kappa shape index (κ1) is 9.04. The summed E-state index contributed by atoms with van der Waals surface area (Å²) < 4.78 is 0.640. The molecule has 4 heteroatoms. The monoisotopic (exact) mass is 226 g/mol. The van der Waals surface area contributed by atoms with Gasteiger partial charge in [-0.15, -0.1) is 0 Å². The van der Waals surface area contributed by atoms with Gasteiger partial charge in [0.25, 0.3) is 0 Å². The van der Waals surface area contributed by atoms with Crippen molar-refractivity contribution in [1.29, 1.82) is 0 Å². The number of halogens is 1. The summed E-state index contributed by atoms with van der Waals surface area (Å²) in [6, 6.07) is 3.17. The fraction of sp³-hybridized carbons (Fsp3) is 0.125. The summed E-state index contributed by atoms with van der Waals surface area (Å²) in [4.78, 5) is 3.95. The fourth-order valence-electron chi connectivity index (χ4n) is 0.655. The van der Waals surface area contributed by atoms with E-state index >= 15 is 0 Å². The highest BCUT2D eigenvalue weighted by Gasteiger charge is 1.98. The Kier molecular flexibility index (Phi) is 3.09.